The first kappa shape index (κ1) is 11.5. The molecule has 0 bridgehead atoms. The topological polar surface area (TPSA) is 12.5 Å². The molecule has 3 rings (SSSR count). The molecule has 92 valence electrons. The van der Waals surface area contributed by atoms with Crippen molar-refractivity contribution in [3.05, 3.63) is 34.3 Å². The highest BCUT2D eigenvalue weighted by Gasteiger charge is 2.23. The monoisotopic (exact) mass is 251 g/mol. The van der Waals surface area contributed by atoms with Crippen molar-refractivity contribution in [1.82, 2.24) is 4.90 Å². The van der Waals surface area contributed by atoms with E-state index >= 15 is 0 Å². The van der Waals surface area contributed by atoms with Gasteiger partial charge in [-0.15, -0.1) is 0 Å². The van der Waals surface area contributed by atoms with E-state index in [0.29, 0.717) is 0 Å². The summed E-state index contributed by atoms with van der Waals surface area (Å²) >= 11 is 6.22. The molecule has 1 aromatic carbocycles. The van der Waals surface area contributed by atoms with Gasteiger partial charge in [0.15, 0.2) is 0 Å². The number of rotatable bonds is 2. The molecule has 1 fully saturated rings. The number of nitrogens with zero attached hydrogens (tertiary/aromatic N) is 1. The Kier molecular flexibility index (Phi) is 3.37. The zero-order valence-corrected chi connectivity index (χ0v) is 10.7. The molecule has 0 aliphatic carbocycles. The molecule has 0 N–H and O–H groups in total. The van der Waals surface area contributed by atoms with Crippen LogP contribution in [0.1, 0.15) is 17.5 Å². The second kappa shape index (κ2) is 4.97. The molecule has 3 heteroatoms. The van der Waals surface area contributed by atoms with Crippen LogP contribution in [0.3, 0.4) is 0 Å². The Morgan fingerprint density at radius 1 is 1.41 bits per heavy atom. The summed E-state index contributed by atoms with van der Waals surface area (Å²) in [5.74, 6) is 0.732. The highest BCUT2D eigenvalue weighted by atomic mass is 35.5. The average Bonchev–Trinajstić information content (AvgIpc) is 2.82. The van der Waals surface area contributed by atoms with Crippen LogP contribution in [0.4, 0.5) is 0 Å². The molecule has 2 nitrogen and oxygen atoms in total. The van der Waals surface area contributed by atoms with Crippen molar-refractivity contribution >= 4 is 11.6 Å². The fraction of sp³-hybridized carbons (Fsp3) is 0.571. The Balaban J connectivity index is 1.68. The lowest BCUT2D eigenvalue weighted by atomic mass is 9.98. The molecule has 0 amide bonds. The molecular weight excluding hydrogens is 234 g/mol. The summed E-state index contributed by atoms with van der Waals surface area (Å²) < 4.78 is 5.44. The Labute approximate surface area is 108 Å². The zero-order valence-electron chi connectivity index (χ0n) is 9.99. The molecule has 1 saturated heterocycles. The predicted octanol–water partition coefficient (Wildman–Crippen LogP) is 2.73. The fourth-order valence-electron chi connectivity index (χ4n) is 2.87. The van der Waals surface area contributed by atoms with Crippen LogP contribution >= 0.6 is 11.6 Å². The van der Waals surface area contributed by atoms with E-state index in [-0.39, 0.29) is 0 Å². The molecule has 2 aliphatic rings. The lowest BCUT2D eigenvalue weighted by Gasteiger charge is -2.30. The lowest BCUT2D eigenvalue weighted by Crippen LogP contribution is -2.34. The van der Waals surface area contributed by atoms with Crippen molar-refractivity contribution in [2.75, 3.05) is 26.3 Å². The molecule has 0 aromatic heterocycles. The van der Waals surface area contributed by atoms with E-state index in [9.17, 15) is 0 Å². The molecule has 0 radical (unpaired) electrons. The van der Waals surface area contributed by atoms with Gasteiger partial charge in [0.1, 0.15) is 0 Å². The third kappa shape index (κ3) is 2.49. The maximum Gasteiger partial charge on any atom is 0.0507 e. The number of hydrogen-bond acceptors (Lipinski definition) is 2. The van der Waals surface area contributed by atoms with Gasteiger partial charge in [-0.2, -0.15) is 0 Å². The quantitative estimate of drug-likeness (QED) is 0.802. The zero-order chi connectivity index (χ0) is 11.7. The Bertz CT molecular complexity index is 401. The van der Waals surface area contributed by atoms with Crippen LogP contribution in [0.5, 0.6) is 0 Å². The van der Waals surface area contributed by atoms with Crippen LogP contribution in [-0.4, -0.2) is 31.2 Å². The van der Waals surface area contributed by atoms with E-state index in [2.05, 4.69) is 17.0 Å². The SMILES string of the molecule is Clc1cccc2c1CCN(CC1CCOC1)C2. The summed E-state index contributed by atoms with van der Waals surface area (Å²) in [6.07, 6.45) is 2.31. The molecular formula is C14H18ClNO. The normalized spacial score (nSPS) is 24.9. The first-order valence-corrected chi connectivity index (χ1v) is 6.77. The van der Waals surface area contributed by atoms with Crippen molar-refractivity contribution in [3.63, 3.8) is 0 Å². The van der Waals surface area contributed by atoms with Crippen LogP contribution in [-0.2, 0) is 17.7 Å². The highest BCUT2D eigenvalue weighted by molar-refractivity contribution is 6.31. The third-order valence-electron chi connectivity index (χ3n) is 3.83. The van der Waals surface area contributed by atoms with Crippen molar-refractivity contribution in [2.45, 2.75) is 19.4 Å². The standard InChI is InChI=1S/C14H18ClNO/c15-14-3-1-2-12-9-16(6-4-13(12)14)8-11-5-7-17-10-11/h1-3,11H,4-10H2. The van der Waals surface area contributed by atoms with Crippen LogP contribution in [0.2, 0.25) is 5.02 Å². The molecule has 0 spiro atoms. The lowest BCUT2D eigenvalue weighted by molar-refractivity contribution is 0.162. The minimum absolute atomic E-state index is 0.732. The molecule has 0 saturated carbocycles. The van der Waals surface area contributed by atoms with Gasteiger partial charge < -0.3 is 4.74 Å². The van der Waals surface area contributed by atoms with E-state index in [1.165, 1.54) is 24.1 Å². The minimum Gasteiger partial charge on any atom is -0.381 e. The van der Waals surface area contributed by atoms with Crippen LogP contribution in [0.25, 0.3) is 0 Å². The number of fused-ring (bicyclic) bond motifs is 1. The highest BCUT2D eigenvalue weighted by Crippen LogP contribution is 2.27. The van der Waals surface area contributed by atoms with Crippen molar-refractivity contribution in [1.29, 1.82) is 0 Å². The summed E-state index contributed by atoms with van der Waals surface area (Å²) in [5, 5.41) is 0.936. The molecule has 1 atom stereocenters. The van der Waals surface area contributed by atoms with Crippen molar-refractivity contribution < 1.29 is 4.74 Å². The predicted molar refractivity (Wildman–Crippen MR) is 69.4 cm³/mol. The molecule has 2 heterocycles. The first-order chi connectivity index (χ1) is 8.33. The van der Waals surface area contributed by atoms with E-state index in [1.807, 2.05) is 6.07 Å². The van der Waals surface area contributed by atoms with Gasteiger partial charge in [-0.25, -0.2) is 0 Å². The Morgan fingerprint density at radius 2 is 2.35 bits per heavy atom. The van der Waals surface area contributed by atoms with Gasteiger partial charge in [0.25, 0.3) is 0 Å². The summed E-state index contributed by atoms with van der Waals surface area (Å²) in [6.45, 7) is 5.24. The molecule has 1 unspecified atom stereocenters. The van der Waals surface area contributed by atoms with Crippen molar-refractivity contribution in [2.24, 2.45) is 5.92 Å². The summed E-state index contributed by atoms with van der Waals surface area (Å²) in [7, 11) is 0. The number of benzene rings is 1. The van der Waals surface area contributed by atoms with E-state index in [1.54, 1.807) is 0 Å². The maximum absolute atomic E-state index is 6.22. The number of halogens is 1. The maximum atomic E-state index is 6.22. The average molecular weight is 252 g/mol. The van der Waals surface area contributed by atoms with Crippen LogP contribution < -0.4 is 0 Å². The van der Waals surface area contributed by atoms with E-state index < -0.39 is 0 Å². The number of ether oxygens (including phenoxy) is 1. The number of hydrogen-bond donors (Lipinski definition) is 0. The largest absolute Gasteiger partial charge is 0.381 e. The fourth-order valence-corrected chi connectivity index (χ4v) is 3.16. The smallest absolute Gasteiger partial charge is 0.0507 e. The minimum atomic E-state index is 0.732. The molecule has 2 aliphatic heterocycles. The first-order valence-electron chi connectivity index (χ1n) is 6.39. The Morgan fingerprint density at radius 3 is 3.18 bits per heavy atom. The van der Waals surface area contributed by atoms with E-state index in [0.717, 1.165) is 43.7 Å². The molecule has 1 aromatic rings. The Hall–Kier alpha value is -0.570. The summed E-state index contributed by atoms with van der Waals surface area (Å²) in [4.78, 5) is 2.54. The van der Waals surface area contributed by atoms with Gasteiger partial charge >= 0.3 is 0 Å². The van der Waals surface area contributed by atoms with E-state index in [4.69, 9.17) is 16.3 Å². The second-order valence-electron chi connectivity index (χ2n) is 5.09. The van der Waals surface area contributed by atoms with Gasteiger partial charge in [-0.05, 0) is 36.0 Å². The van der Waals surface area contributed by atoms with Gasteiger partial charge in [0.05, 0.1) is 6.61 Å². The summed E-state index contributed by atoms with van der Waals surface area (Å²) in [5.41, 5.74) is 2.76. The molecule has 17 heavy (non-hydrogen) atoms. The van der Waals surface area contributed by atoms with Crippen LogP contribution in [0, 0.1) is 5.92 Å². The van der Waals surface area contributed by atoms with Crippen LogP contribution in [0.15, 0.2) is 18.2 Å². The van der Waals surface area contributed by atoms with Gasteiger partial charge in [-0.1, -0.05) is 23.7 Å². The van der Waals surface area contributed by atoms with Gasteiger partial charge in [0, 0.05) is 31.3 Å². The van der Waals surface area contributed by atoms with Crippen molar-refractivity contribution in [3.8, 4) is 0 Å². The summed E-state index contributed by atoms with van der Waals surface area (Å²) in [6, 6.07) is 6.27. The van der Waals surface area contributed by atoms with Gasteiger partial charge in [-0.3, -0.25) is 4.90 Å². The second-order valence-corrected chi connectivity index (χ2v) is 5.50. The third-order valence-corrected chi connectivity index (χ3v) is 4.18. The van der Waals surface area contributed by atoms with Gasteiger partial charge in [0.2, 0.25) is 0 Å².